The summed E-state index contributed by atoms with van der Waals surface area (Å²) in [6, 6.07) is 19.9. The summed E-state index contributed by atoms with van der Waals surface area (Å²) in [5, 5.41) is 2.62. The van der Waals surface area contributed by atoms with Crippen molar-refractivity contribution < 1.29 is 22.7 Å². The molecule has 226 valence electrons. The molecule has 0 radical (unpaired) electrons. The van der Waals surface area contributed by atoms with Gasteiger partial charge in [-0.25, -0.2) is 0 Å². The first-order valence-electron chi connectivity index (χ1n) is 12.7. The van der Waals surface area contributed by atoms with Crippen molar-refractivity contribution in [3.05, 3.63) is 66.2 Å². The summed E-state index contributed by atoms with van der Waals surface area (Å²) in [6.07, 6.45) is -2.23. The summed E-state index contributed by atoms with van der Waals surface area (Å²) >= 11 is 0. The molecule has 1 amide bonds. The maximum Gasteiger partial charge on any atom is 0.400 e. The lowest BCUT2D eigenvalue weighted by Gasteiger charge is -2.03. The number of alkyl halides is 3. The highest BCUT2D eigenvalue weighted by Gasteiger charge is 2.23. The van der Waals surface area contributed by atoms with Gasteiger partial charge in [-0.2, -0.15) is 13.2 Å². The molecule has 2 aromatic carbocycles. The first kappa shape index (κ1) is 40.8. The van der Waals surface area contributed by atoms with Crippen LogP contribution >= 0.6 is 0 Å². The van der Waals surface area contributed by atoms with E-state index in [2.05, 4.69) is 28.1 Å². The van der Waals surface area contributed by atoms with Crippen LogP contribution in [0.2, 0.25) is 0 Å². The van der Waals surface area contributed by atoms with Crippen molar-refractivity contribution in [2.45, 2.75) is 25.9 Å². The molecular formula is C27H50F3N7O2. The molecule has 12 heteroatoms. The van der Waals surface area contributed by atoms with E-state index in [0.717, 1.165) is 44.8 Å². The molecule has 0 aliphatic rings. The standard InChI is InChI=1S/C8H11NO.C8H11N.C5H12N2O.C4H12N2.C2H4F3N/c9-6-7-10-8-4-2-1-3-5-8;9-7-6-8-4-2-1-3-5-8;1-2-3-7-5(8)4-6;1-6(2)4-3-5;3-2(4,5)1-6/h1-5H,6-7,9H2;1-5H,6-7,9H2;2-4,6H2,1H3,(H,7,8);3-5H2,1-2H3;1,6H2. The Morgan fingerprint density at radius 3 is 1.72 bits per heavy atom. The van der Waals surface area contributed by atoms with E-state index in [1.54, 1.807) is 0 Å². The molecule has 39 heavy (non-hydrogen) atoms. The Bertz CT molecular complexity index is 754. The van der Waals surface area contributed by atoms with Crippen LogP contribution in [-0.4, -0.2) is 83.5 Å². The topological polar surface area (TPSA) is 172 Å². The summed E-state index contributed by atoms with van der Waals surface area (Å²) in [4.78, 5) is 12.4. The molecule has 0 saturated carbocycles. The number of rotatable bonds is 10. The second kappa shape index (κ2) is 29.8. The predicted molar refractivity (Wildman–Crippen MR) is 155 cm³/mol. The minimum Gasteiger partial charge on any atom is -0.492 e. The number of amides is 1. The minimum absolute atomic E-state index is 0.0770. The number of nitrogens with zero attached hydrogens (tertiary/aromatic N) is 1. The molecule has 11 N–H and O–H groups in total. The zero-order valence-corrected chi connectivity index (χ0v) is 23.6. The average molecular weight is 562 g/mol. The minimum atomic E-state index is -4.18. The van der Waals surface area contributed by atoms with Crippen molar-refractivity contribution in [3.8, 4) is 5.75 Å². The second-order valence-electron chi connectivity index (χ2n) is 7.94. The quantitative estimate of drug-likeness (QED) is 0.254. The average Bonchev–Trinajstić information content (AvgIpc) is 2.93. The van der Waals surface area contributed by atoms with Crippen LogP contribution in [0.25, 0.3) is 0 Å². The number of para-hydroxylation sites is 1. The number of halogens is 3. The zero-order chi connectivity index (χ0) is 30.4. The molecule has 0 aromatic heterocycles. The lowest BCUT2D eigenvalue weighted by atomic mass is 10.2. The van der Waals surface area contributed by atoms with E-state index in [1.807, 2.05) is 69.6 Å². The lowest BCUT2D eigenvalue weighted by molar-refractivity contribution is -0.120. The summed E-state index contributed by atoms with van der Waals surface area (Å²) < 4.78 is 37.2. The number of nitrogens with two attached hydrogens (primary N) is 5. The van der Waals surface area contributed by atoms with Crippen LogP contribution in [0, 0.1) is 0 Å². The molecule has 0 unspecified atom stereocenters. The number of hydrogen-bond acceptors (Lipinski definition) is 8. The number of ether oxygens (including phenoxy) is 1. The normalized spacial score (nSPS) is 9.74. The van der Waals surface area contributed by atoms with Gasteiger partial charge in [0.05, 0.1) is 13.1 Å². The summed E-state index contributed by atoms with van der Waals surface area (Å²) in [5.74, 6) is 0.805. The van der Waals surface area contributed by atoms with Crippen molar-refractivity contribution in [2.24, 2.45) is 28.7 Å². The van der Waals surface area contributed by atoms with E-state index in [9.17, 15) is 18.0 Å². The van der Waals surface area contributed by atoms with Crippen LogP contribution in [0.4, 0.5) is 13.2 Å². The van der Waals surface area contributed by atoms with Gasteiger partial charge in [-0.05, 0) is 51.2 Å². The van der Waals surface area contributed by atoms with Gasteiger partial charge in [0.2, 0.25) is 5.91 Å². The van der Waals surface area contributed by atoms with Crippen molar-refractivity contribution >= 4 is 5.91 Å². The number of carbonyl (C=O) groups excluding carboxylic acids is 1. The first-order valence-corrected chi connectivity index (χ1v) is 12.7. The van der Waals surface area contributed by atoms with Crippen LogP contribution in [0.15, 0.2) is 60.7 Å². The molecule has 0 aliphatic heterocycles. The van der Waals surface area contributed by atoms with Crippen LogP contribution < -0.4 is 38.7 Å². The Balaban J connectivity index is -0.000000423. The van der Waals surface area contributed by atoms with E-state index in [0.29, 0.717) is 13.2 Å². The summed E-state index contributed by atoms with van der Waals surface area (Å²) in [6.45, 7) is 5.23. The molecule has 2 aromatic rings. The number of benzene rings is 2. The fraction of sp³-hybridized carbons (Fsp3) is 0.519. The Kier molecular flexibility index (Phi) is 31.1. The van der Waals surface area contributed by atoms with Crippen molar-refractivity contribution in [1.29, 1.82) is 0 Å². The second-order valence-corrected chi connectivity index (χ2v) is 7.94. The molecule has 0 bridgehead atoms. The van der Waals surface area contributed by atoms with Crippen LogP contribution in [0.1, 0.15) is 18.9 Å². The molecule has 0 atom stereocenters. The van der Waals surface area contributed by atoms with Crippen molar-refractivity contribution in [2.75, 3.05) is 66.5 Å². The highest BCUT2D eigenvalue weighted by Crippen LogP contribution is 2.10. The number of carbonyl (C=O) groups is 1. The molecule has 2 rings (SSSR count). The monoisotopic (exact) mass is 561 g/mol. The van der Waals surface area contributed by atoms with E-state index in [4.69, 9.17) is 27.7 Å². The van der Waals surface area contributed by atoms with E-state index in [1.165, 1.54) is 5.56 Å². The molecule has 9 nitrogen and oxygen atoms in total. The van der Waals surface area contributed by atoms with Crippen LogP contribution in [-0.2, 0) is 11.2 Å². The molecular weight excluding hydrogens is 511 g/mol. The van der Waals surface area contributed by atoms with Gasteiger partial charge in [0.15, 0.2) is 0 Å². The highest BCUT2D eigenvalue weighted by molar-refractivity contribution is 5.77. The van der Waals surface area contributed by atoms with Crippen molar-refractivity contribution in [3.63, 3.8) is 0 Å². The highest BCUT2D eigenvalue weighted by atomic mass is 19.4. The molecule has 0 heterocycles. The smallest absolute Gasteiger partial charge is 0.400 e. The van der Waals surface area contributed by atoms with E-state index >= 15 is 0 Å². The third-order valence-corrected chi connectivity index (χ3v) is 3.97. The van der Waals surface area contributed by atoms with E-state index in [-0.39, 0.29) is 12.5 Å². The maximum atomic E-state index is 10.7. The Labute approximate surface area is 232 Å². The van der Waals surface area contributed by atoms with Gasteiger partial charge in [-0.1, -0.05) is 55.5 Å². The Morgan fingerprint density at radius 2 is 1.38 bits per heavy atom. The fourth-order valence-corrected chi connectivity index (χ4v) is 2.10. The zero-order valence-electron chi connectivity index (χ0n) is 23.6. The van der Waals surface area contributed by atoms with Crippen LogP contribution in [0.3, 0.4) is 0 Å². The number of hydrogen-bond donors (Lipinski definition) is 6. The van der Waals surface area contributed by atoms with Gasteiger partial charge in [0.25, 0.3) is 0 Å². The van der Waals surface area contributed by atoms with Gasteiger partial charge < -0.3 is 43.6 Å². The van der Waals surface area contributed by atoms with Crippen LogP contribution in [0.5, 0.6) is 5.75 Å². The molecule has 0 aliphatic carbocycles. The van der Waals surface area contributed by atoms with Gasteiger partial charge in [0.1, 0.15) is 12.4 Å². The Hall–Kier alpha value is -2.74. The molecule has 0 spiro atoms. The predicted octanol–water partition coefficient (Wildman–Crippen LogP) is 1.70. The lowest BCUT2D eigenvalue weighted by Crippen LogP contribution is -2.30. The summed E-state index contributed by atoms with van der Waals surface area (Å²) in [7, 11) is 4.01. The summed E-state index contributed by atoms with van der Waals surface area (Å²) in [5.41, 5.74) is 26.3. The Morgan fingerprint density at radius 1 is 0.872 bits per heavy atom. The fourth-order valence-electron chi connectivity index (χ4n) is 2.10. The molecule has 0 saturated heterocycles. The van der Waals surface area contributed by atoms with Gasteiger partial charge in [-0.15, -0.1) is 0 Å². The van der Waals surface area contributed by atoms with Crippen molar-refractivity contribution in [1.82, 2.24) is 10.2 Å². The first-order chi connectivity index (χ1) is 18.5. The van der Waals surface area contributed by atoms with Gasteiger partial charge >= 0.3 is 6.18 Å². The molecule has 0 fully saturated rings. The van der Waals surface area contributed by atoms with Gasteiger partial charge in [-0.3, -0.25) is 4.79 Å². The largest absolute Gasteiger partial charge is 0.492 e. The van der Waals surface area contributed by atoms with Gasteiger partial charge in [0, 0.05) is 26.2 Å². The number of likely N-dealkylation sites (N-methyl/N-ethyl adjacent to an activating group) is 1. The SMILES string of the molecule is CCCNC(=O)CN.CN(C)CCN.NCC(F)(F)F.NCCOc1ccccc1.NCCc1ccccc1. The number of nitrogens with one attached hydrogen (secondary N) is 1. The third-order valence-electron chi connectivity index (χ3n) is 3.97. The third kappa shape index (κ3) is 37.5. The van der Waals surface area contributed by atoms with E-state index < -0.39 is 12.7 Å². The maximum absolute atomic E-state index is 10.7.